The van der Waals surface area contributed by atoms with Crippen LogP contribution in [0.3, 0.4) is 0 Å². The molecule has 2 aromatic carbocycles. The molecule has 0 aliphatic heterocycles. The molecule has 0 aromatic heterocycles. The Labute approximate surface area is 140 Å². The van der Waals surface area contributed by atoms with Crippen LogP contribution in [0.15, 0.2) is 42.5 Å². The third-order valence-electron chi connectivity index (χ3n) is 3.33. The Bertz CT molecular complexity index is 659. The van der Waals surface area contributed by atoms with Crippen molar-refractivity contribution in [2.45, 2.75) is 13.3 Å². The van der Waals surface area contributed by atoms with E-state index in [-0.39, 0.29) is 12.5 Å². The lowest BCUT2D eigenvalue weighted by Gasteiger charge is -2.11. The Morgan fingerprint density at radius 2 is 1.91 bits per heavy atom. The maximum atomic E-state index is 11.8. The summed E-state index contributed by atoms with van der Waals surface area (Å²) in [6.07, 6.45) is 0.752. The minimum atomic E-state index is -0.0543. The van der Waals surface area contributed by atoms with Gasteiger partial charge < -0.3 is 10.6 Å². The molecule has 0 unspecified atom stereocenters. The van der Waals surface area contributed by atoms with Crippen LogP contribution in [0, 0.1) is 6.92 Å². The molecule has 2 rings (SSSR count). The molecule has 3 nitrogen and oxygen atoms in total. The van der Waals surface area contributed by atoms with Crippen LogP contribution in [0.5, 0.6) is 0 Å². The standard InChI is InChI=1S/C17H18Cl2N2O/c1-12-15(19)6-3-7-16(12)21-11-17(22)20-9-8-13-4-2-5-14(18)10-13/h2-7,10,21H,8-9,11H2,1H3,(H,20,22). The van der Waals surface area contributed by atoms with E-state index in [1.54, 1.807) is 0 Å². The van der Waals surface area contributed by atoms with Gasteiger partial charge in [-0.3, -0.25) is 4.79 Å². The van der Waals surface area contributed by atoms with Gasteiger partial charge in [-0.2, -0.15) is 0 Å². The molecule has 116 valence electrons. The number of halogens is 2. The minimum Gasteiger partial charge on any atom is -0.376 e. The number of rotatable bonds is 6. The Kier molecular flexibility index (Phi) is 6.10. The van der Waals surface area contributed by atoms with E-state index in [2.05, 4.69) is 10.6 Å². The largest absolute Gasteiger partial charge is 0.376 e. The summed E-state index contributed by atoms with van der Waals surface area (Å²) in [7, 11) is 0. The topological polar surface area (TPSA) is 41.1 Å². The zero-order chi connectivity index (χ0) is 15.9. The summed E-state index contributed by atoms with van der Waals surface area (Å²) in [5, 5.41) is 7.37. The van der Waals surface area contributed by atoms with E-state index in [0.29, 0.717) is 16.6 Å². The summed E-state index contributed by atoms with van der Waals surface area (Å²) in [6.45, 7) is 2.72. The van der Waals surface area contributed by atoms with Gasteiger partial charge in [-0.25, -0.2) is 0 Å². The first-order chi connectivity index (χ1) is 10.6. The van der Waals surface area contributed by atoms with E-state index in [9.17, 15) is 4.79 Å². The number of hydrogen-bond acceptors (Lipinski definition) is 2. The lowest BCUT2D eigenvalue weighted by Crippen LogP contribution is -2.31. The number of hydrogen-bond donors (Lipinski definition) is 2. The second kappa shape index (κ2) is 8.06. The second-order valence-corrected chi connectivity index (χ2v) is 5.84. The predicted octanol–water partition coefficient (Wildman–Crippen LogP) is 4.07. The van der Waals surface area contributed by atoms with Crippen molar-refractivity contribution in [3.63, 3.8) is 0 Å². The summed E-state index contributed by atoms with van der Waals surface area (Å²) >= 11 is 12.0. The van der Waals surface area contributed by atoms with Gasteiger partial charge in [0.2, 0.25) is 5.91 Å². The summed E-state index contributed by atoms with van der Waals surface area (Å²) in [4.78, 5) is 11.8. The summed E-state index contributed by atoms with van der Waals surface area (Å²) in [5.41, 5.74) is 2.92. The van der Waals surface area contributed by atoms with Crippen molar-refractivity contribution in [3.05, 3.63) is 63.6 Å². The van der Waals surface area contributed by atoms with E-state index < -0.39 is 0 Å². The summed E-state index contributed by atoms with van der Waals surface area (Å²) in [6, 6.07) is 13.2. The number of carbonyl (C=O) groups excluding carboxylic acids is 1. The van der Waals surface area contributed by atoms with Gasteiger partial charge in [0.1, 0.15) is 0 Å². The van der Waals surface area contributed by atoms with Crippen molar-refractivity contribution < 1.29 is 4.79 Å². The van der Waals surface area contributed by atoms with E-state index in [0.717, 1.165) is 23.2 Å². The molecule has 0 spiro atoms. The molecule has 1 amide bonds. The van der Waals surface area contributed by atoms with E-state index in [1.165, 1.54) is 0 Å². The lowest BCUT2D eigenvalue weighted by molar-refractivity contribution is -0.119. The maximum absolute atomic E-state index is 11.8. The third kappa shape index (κ3) is 4.93. The van der Waals surface area contributed by atoms with Gasteiger partial charge in [-0.15, -0.1) is 0 Å². The van der Waals surface area contributed by atoms with Crippen molar-refractivity contribution in [2.75, 3.05) is 18.4 Å². The molecule has 0 bridgehead atoms. The third-order valence-corrected chi connectivity index (χ3v) is 3.98. The zero-order valence-electron chi connectivity index (χ0n) is 12.3. The van der Waals surface area contributed by atoms with Crippen LogP contribution in [0.1, 0.15) is 11.1 Å². The Hall–Kier alpha value is -1.71. The highest BCUT2D eigenvalue weighted by Gasteiger charge is 2.05. The molecule has 0 fully saturated rings. The van der Waals surface area contributed by atoms with Gasteiger partial charge in [0.15, 0.2) is 0 Å². The Morgan fingerprint density at radius 3 is 2.68 bits per heavy atom. The fourth-order valence-electron chi connectivity index (χ4n) is 2.08. The SMILES string of the molecule is Cc1c(Cl)cccc1NCC(=O)NCCc1cccc(Cl)c1. The van der Waals surface area contributed by atoms with Gasteiger partial charge in [0.25, 0.3) is 0 Å². The van der Waals surface area contributed by atoms with Crippen LogP contribution in [0.4, 0.5) is 5.69 Å². The molecular formula is C17H18Cl2N2O. The van der Waals surface area contributed by atoms with Gasteiger partial charge in [0, 0.05) is 22.3 Å². The van der Waals surface area contributed by atoms with Crippen molar-refractivity contribution in [1.82, 2.24) is 5.32 Å². The molecule has 0 heterocycles. The number of anilines is 1. The van der Waals surface area contributed by atoms with Gasteiger partial charge in [0.05, 0.1) is 6.54 Å². The van der Waals surface area contributed by atoms with Crippen LogP contribution in [0.25, 0.3) is 0 Å². The average molecular weight is 337 g/mol. The van der Waals surface area contributed by atoms with Crippen molar-refractivity contribution in [2.24, 2.45) is 0 Å². The second-order valence-electron chi connectivity index (χ2n) is 5.00. The summed E-state index contributed by atoms with van der Waals surface area (Å²) in [5.74, 6) is -0.0543. The smallest absolute Gasteiger partial charge is 0.239 e. The minimum absolute atomic E-state index is 0.0543. The van der Waals surface area contributed by atoms with Crippen molar-refractivity contribution in [1.29, 1.82) is 0 Å². The van der Waals surface area contributed by atoms with Crippen LogP contribution >= 0.6 is 23.2 Å². The first-order valence-corrected chi connectivity index (χ1v) is 7.82. The molecule has 2 N–H and O–H groups in total. The van der Waals surface area contributed by atoms with Gasteiger partial charge >= 0.3 is 0 Å². The fourth-order valence-corrected chi connectivity index (χ4v) is 2.46. The normalized spacial score (nSPS) is 10.3. The molecule has 0 aliphatic carbocycles. The molecule has 0 atom stereocenters. The monoisotopic (exact) mass is 336 g/mol. The maximum Gasteiger partial charge on any atom is 0.239 e. The Morgan fingerprint density at radius 1 is 1.14 bits per heavy atom. The highest BCUT2D eigenvalue weighted by Crippen LogP contribution is 2.22. The van der Waals surface area contributed by atoms with E-state index in [1.807, 2.05) is 49.4 Å². The number of benzene rings is 2. The molecule has 2 aromatic rings. The van der Waals surface area contributed by atoms with Gasteiger partial charge in [-0.1, -0.05) is 41.4 Å². The average Bonchev–Trinajstić information content (AvgIpc) is 2.49. The molecule has 5 heteroatoms. The zero-order valence-corrected chi connectivity index (χ0v) is 13.8. The Balaban J connectivity index is 1.75. The van der Waals surface area contributed by atoms with E-state index in [4.69, 9.17) is 23.2 Å². The van der Waals surface area contributed by atoms with Crippen LogP contribution in [0.2, 0.25) is 10.0 Å². The predicted molar refractivity (Wildman–Crippen MR) is 92.8 cm³/mol. The molecule has 0 radical (unpaired) electrons. The molecule has 22 heavy (non-hydrogen) atoms. The molecule has 0 saturated carbocycles. The number of amides is 1. The van der Waals surface area contributed by atoms with Crippen molar-refractivity contribution in [3.8, 4) is 0 Å². The quantitative estimate of drug-likeness (QED) is 0.834. The van der Waals surface area contributed by atoms with Gasteiger partial charge in [-0.05, 0) is 48.7 Å². The molecule has 0 aliphatic rings. The first kappa shape index (κ1) is 16.7. The number of nitrogens with one attached hydrogen (secondary N) is 2. The lowest BCUT2D eigenvalue weighted by atomic mass is 10.1. The molecule has 0 saturated heterocycles. The fraction of sp³-hybridized carbons (Fsp3) is 0.235. The molecular weight excluding hydrogens is 319 g/mol. The highest BCUT2D eigenvalue weighted by molar-refractivity contribution is 6.31. The van der Waals surface area contributed by atoms with Crippen LogP contribution < -0.4 is 10.6 Å². The highest BCUT2D eigenvalue weighted by atomic mass is 35.5. The van der Waals surface area contributed by atoms with E-state index >= 15 is 0 Å². The van der Waals surface area contributed by atoms with Crippen molar-refractivity contribution >= 4 is 34.8 Å². The first-order valence-electron chi connectivity index (χ1n) is 7.06. The van der Waals surface area contributed by atoms with Crippen LogP contribution in [-0.2, 0) is 11.2 Å². The number of carbonyl (C=O) groups is 1. The summed E-state index contributed by atoms with van der Waals surface area (Å²) < 4.78 is 0. The van der Waals surface area contributed by atoms with Crippen LogP contribution in [-0.4, -0.2) is 19.0 Å².